The van der Waals surface area contributed by atoms with Crippen LogP contribution in [0.15, 0.2) is 12.1 Å². The molecule has 0 N–H and O–H groups in total. The summed E-state index contributed by atoms with van der Waals surface area (Å²) in [5, 5.41) is 0. The largest absolute Gasteiger partial charge is 0.464 e. The van der Waals surface area contributed by atoms with E-state index in [4.69, 9.17) is 14.2 Å². The normalized spacial score (nSPS) is 22.3. The maximum absolute atomic E-state index is 14.2. The monoisotopic (exact) mass is 300 g/mol. The van der Waals surface area contributed by atoms with Crippen LogP contribution in [0.3, 0.4) is 0 Å². The minimum Gasteiger partial charge on any atom is -0.464 e. The average Bonchev–Trinajstić information content (AvgIpc) is 2.50. The van der Waals surface area contributed by atoms with Gasteiger partial charge >= 0.3 is 0 Å². The van der Waals surface area contributed by atoms with E-state index in [2.05, 4.69) is 6.92 Å². The summed E-state index contributed by atoms with van der Waals surface area (Å²) in [6.07, 6.45) is 4.06. The van der Waals surface area contributed by atoms with Crippen LogP contribution in [0, 0.1) is 11.6 Å². The fraction of sp³-hybridized carbons (Fsp3) is 0.625. The number of rotatable bonds is 6. The highest BCUT2D eigenvalue weighted by Crippen LogP contribution is 2.34. The molecule has 118 valence electrons. The molecule has 0 spiro atoms. The Morgan fingerprint density at radius 2 is 2.05 bits per heavy atom. The first-order valence-corrected chi connectivity index (χ1v) is 7.38. The molecule has 0 aliphatic carbocycles. The number of benzene rings is 1. The van der Waals surface area contributed by atoms with Gasteiger partial charge in [-0.1, -0.05) is 19.4 Å². The van der Waals surface area contributed by atoms with Crippen molar-refractivity contribution in [2.45, 2.75) is 44.6 Å². The minimum absolute atomic E-state index is 0.0934. The predicted molar refractivity (Wildman–Crippen MR) is 75.5 cm³/mol. The molecule has 2 rings (SSSR count). The van der Waals surface area contributed by atoms with Crippen molar-refractivity contribution in [3.63, 3.8) is 0 Å². The molecule has 1 saturated heterocycles. The summed E-state index contributed by atoms with van der Waals surface area (Å²) < 4.78 is 43.5. The van der Waals surface area contributed by atoms with Crippen molar-refractivity contribution in [1.82, 2.24) is 0 Å². The Morgan fingerprint density at radius 1 is 1.24 bits per heavy atom. The zero-order chi connectivity index (χ0) is 15.2. The molecule has 1 fully saturated rings. The highest BCUT2D eigenvalue weighted by molar-refractivity contribution is 5.33. The van der Waals surface area contributed by atoms with Crippen molar-refractivity contribution in [2.24, 2.45) is 0 Å². The summed E-state index contributed by atoms with van der Waals surface area (Å²) >= 11 is 0. The van der Waals surface area contributed by atoms with Crippen molar-refractivity contribution in [3.05, 3.63) is 29.3 Å². The summed E-state index contributed by atoms with van der Waals surface area (Å²) in [6, 6.07) is 3.03. The molecule has 0 amide bonds. The average molecular weight is 300 g/mol. The van der Waals surface area contributed by atoms with Gasteiger partial charge in [-0.2, -0.15) is 4.39 Å². The Hall–Kier alpha value is -1.20. The second-order valence-electron chi connectivity index (χ2n) is 5.35. The van der Waals surface area contributed by atoms with Gasteiger partial charge in [0.1, 0.15) is 0 Å². The molecular formula is C16H22F2O3. The van der Waals surface area contributed by atoms with Crippen LogP contribution >= 0.6 is 0 Å². The molecule has 0 aromatic heterocycles. The van der Waals surface area contributed by atoms with Crippen molar-refractivity contribution in [3.8, 4) is 5.75 Å². The number of methoxy groups -OCH3 is 1. The lowest BCUT2D eigenvalue weighted by Crippen LogP contribution is -2.25. The fourth-order valence-corrected chi connectivity index (χ4v) is 2.70. The van der Waals surface area contributed by atoms with Crippen LogP contribution in [0.25, 0.3) is 0 Å². The first kappa shape index (κ1) is 16.2. The van der Waals surface area contributed by atoms with Gasteiger partial charge in [0, 0.05) is 13.0 Å². The molecule has 21 heavy (non-hydrogen) atoms. The Balaban J connectivity index is 2.06. The third kappa shape index (κ3) is 3.92. The molecule has 1 heterocycles. The molecule has 0 bridgehead atoms. The van der Waals surface area contributed by atoms with Crippen LogP contribution < -0.4 is 4.74 Å². The van der Waals surface area contributed by atoms with Crippen LogP contribution in [0.4, 0.5) is 8.78 Å². The van der Waals surface area contributed by atoms with E-state index in [1.165, 1.54) is 13.2 Å². The third-order valence-corrected chi connectivity index (χ3v) is 3.83. The highest BCUT2D eigenvalue weighted by atomic mass is 19.2. The van der Waals surface area contributed by atoms with Gasteiger partial charge in [-0.25, -0.2) is 4.39 Å². The lowest BCUT2D eigenvalue weighted by Gasteiger charge is -2.29. The van der Waals surface area contributed by atoms with E-state index in [0.717, 1.165) is 25.7 Å². The summed E-state index contributed by atoms with van der Waals surface area (Å²) in [5.41, 5.74) is 0.368. The van der Waals surface area contributed by atoms with Crippen molar-refractivity contribution in [2.75, 3.05) is 20.5 Å². The standard InChI is InChI=1S/C16H22F2O3/c1-3-4-12-6-5-11(9-20-12)13-7-8-14(21-10-19-2)16(18)15(13)17/h7-8,11-12H,3-6,9-10H2,1-2H3. The van der Waals surface area contributed by atoms with Gasteiger partial charge in [-0.05, 0) is 30.9 Å². The molecule has 1 aliphatic rings. The Kier molecular flexibility index (Phi) is 5.94. The lowest BCUT2D eigenvalue weighted by atomic mass is 9.90. The quantitative estimate of drug-likeness (QED) is 0.743. The van der Waals surface area contributed by atoms with E-state index in [1.807, 2.05) is 0 Å². The number of hydrogen-bond donors (Lipinski definition) is 0. The maximum atomic E-state index is 14.2. The van der Waals surface area contributed by atoms with E-state index in [1.54, 1.807) is 6.07 Å². The van der Waals surface area contributed by atoms with Gasteiger partial charge in [0.05, 0.1) is 12.7 Å². The predicted octanol–water partition coefficient (Wildman–Crippen LogP) is 4.01. The summed E-state index contributed by atoms with van der Waals surface area (Å²) in [7, 11) is 1.43. The molecule has 0 radical (unpaired) electrons. The van der Waals surface area contributed by atoms with Gasteiger partial charge in [0.15, 0.2) is 18.4 Å². The molecule has 0 saturated carbocycles. The van der Waals surface area contributed by atoms with Crippen LogP contribution in [-0.4, -0.2) is 26.6 Å². The number of halogens is 2. The Labute approximate surface area is 124 Å². The lowest BCUT2D eigenvalue weighted by molar-refractivity contribution is -0.00192. The molecule has 3 nitrogen and oxygen atoms in total. The van der Waals surface area contributed by atoms with Crippen molar-refractivity contribution in [1.29, 1.82) is 0 Å². The van der Waals surface area contributed by atoms with E-state index in [-0.39, 0.29) is 24.6 Å². The molecule has 1 aliphatic heterocycles. The van der Waals surface area contributed by atoms with Crippen LogP contribution in [-0.2, 0) is 9.47 Å². The second-order valence-corrected chi connectivity index (χ2v) is 5.35. The SMILES string of the molecule is CCCC1CCC(c2ccc(OCOC)c(F)c2F)CO1. The minimum atomic E-state index is -0.958. The van der Waals surface area contributed by atoms with Crippen LogP contribution in [0.1, 0.15) is 44.1 Å². The van der Waals surface area contributed by atoms with Crippen LogP contribution in [0.5, 0.6) is 5.75 Å². The molecular weight excluding hydrogens is 278 g/mol. The smallest absolute Gasteiger partial charge is 0.201 e. The van der Waals surface area contributed by atoms with Gasteiger partial charge in [0.2, 0.25) is 5.82 Å². The van der Waals surface area contributed by atoms with E-state index < -0.39 is 11.6 Å². The summed E-state index contributed by atoms with van der Waals surface area (Å²) in [5.74, 6) is -2.02. The van der Waals surface area contributed by atoms with Gasteiger partial charge in [-0.3, -0.25) is 0 Å². The zero-order valence-electron chi connectivity index (χ0n) is 12.5. The van der Waals surface area contributed by atoms with E-state index in [9.17, 15) is 8.78 Å². The van der Waals surface area contributed by atoms with Crippen molar-refractivity contribution < 1.29 is 23.0 Å². The third-order valence-electron chi connectivity index (χ3n) is 3.83. The van der Waals surface area contributed by atoms with Crippen molar-refractivity contribution >= 4 is 0 Å². The second kappa shape index (κ2) is 7.71. The topological polar surface area (TPSA) is 27.7 Å². The van der Waals surface area contributed by atoms with Gasteiger partial charge < -0.3 is 14.2 Å². The number of ether oxygens (including phenoxy) is 3. The summed E-state index contributed by atoms with van der Waals surface area (Å²) in [4.78, 5) is 0. The zero-order valence-corrected chi connectivity index (χ0v) is 12.5. The fourth-order valence-electron chi connectivity index (χ4n) is 2.70. The first-order chi connectivity index (χ1) is 10.2. The van der Waals surface area contributed by atoms with Gasteiger partial charge in [0.25, 0.3) is 0 Å². The molecule has 1 aromatic rings. The first-order valence-electron chi connectivity index (χ1n) is 7.38. The molecule has 2 unspecified atom stereocenters. The van der Waals surface area contributed by atoms with Gasteiger partial charge in [-0.15, -0.1) is 0 Å². The maximum Gasteiger partial charge on any atom is 0.201 e. The number of hydrogen-bond acceptors (Lipinski definition) is 3. The van der Waals surface area contributed by atoms with E-state index in [0.29, 0.717) is 12.2 Å². The Bertz CT molecular complexity index is 457. The Morgan fingerprint density at radius 3 is 2.67 bits per heavy atom. The van der Waals surface area contributed by atoms with E-state index >= 15 is 0 Å². The highest BCUT2D eigenvalue weighted by Gasteiger charge is 2.26. The molecule has 5 heteroatoms. The van der Waals surface area contributed by atoms with Crippen LogP contribution in [0.2, 0.25) is 0 Å². The molecule has 2 atom stereocenters. The molecule has 1 aromatic carbocycles. The summed E-state index contributed by atoms with van der Waals surface area (Å²) in [6.45, 7) is 2.45.